The fourth-order valence-electron chi connectivity index (χ4n) is 10.2. The second kappa shape index (κ2) is 9.80. The molecule has 8 rings (SSSR count). The van der Waals surface area contributed by atoms with Crippen LogP contribution in [0.4, 0.5) is 5.69 Å². The Bertz CT molecular complexity index is 1270. The summed E-state index contributed by atoms with van der Waals surface area (Å²) in [6.07, 6.45) is 5.16. The Morgan fingerprint density at radius 1 is 0.667 bits per heavy atom. The van der Waals surface area contributed by atoms with Crippen LogP contribution in [-0.4, -0.2) is 57.5 Å². The van der Waals surface area contributed by atoms with Crippen LogP contribution in [0.1, 0.15) is 31.2 Å². The molecule has 3 N–H and O–H groups in total. The monoisotopic (exact) mass is 516 g/mol. The topological polar surface area (TPSA) is 39.3 Å². The third kappa shape index (κ3) is 3.56. The molecule has 0 aromatic heterocycles. The maximum Gasteiger partial charge on any atom is 0.227 e. The van der Waals surface area contributed by atoms with E-state index in [0.29, 0.717) is 42.5 Å². The average molecular weight is 517 g/mol. The normalized spacial score (nSPS) is 35.5. The van der Waals surface area contributed by atoms with Gasteiger partial charge in [0.15, 0.2) is 0 Å². The van der Waals surface area contributed by atoms with Gasteiger partial charge >= 0.3 is 0 Å². The van der Waals surface area contributed by atoms with Crippen LogP contribution in [0.5, 0.6) is 0 Å². The minimum atomic E-state index is 0.199. The molecule has 39 heavy (non-hydrogen) atoms. The van der Waals surface area contributed by atoms with E-state index in [1.807, 2.05) is 0 Å². The van der Waals surface area contributed by atoms with Gasteiger partial charge in [0, 0.05) is 36.3 Å². The second-order valence-corrected chi connectivity index (χ2v) is 12.7. The van der Waals surface area contributed by atoms with Crippen molar-refractivity contribution in [1.82, 2.24) is 16.0 Å². The maximum absolute atomic E-state index is 4.17. The number of nitrogens with one attached hydrogen (secondary N) is 3. The van der Waals surface area contributed by atoms with Crippen LogP contribution >= 0.6 is 0 Å². The number of fused-ring (bicyclic) bond motifs is 8. The van der Waals surface area contributed by atoms with Gasteiger partial charge in [0.1, 0.15) is 0 Å². The zero-order valence-electron chi connectivity index (χ0n) is 22.9. The third-order valence-corrected chi connectivity index (χ3v) is 11.3. The molecule has 3 aromatic rings. The van der Waals surface area contributed by atoms with Crippen molar-refractivity contribution in [2.45, 2.75) is 49.1 Å². The predicted molar refractivity (Wildman–Crippen MR) is 163 cm³/mol. The fraction of sp³-hybridized carbons (Fsp3) is 0.471. The average Bonchev–Trinajstić information content (AvgIpc) is 3.02. The van der Waals surface area contributed by atoms with Gasteiger partial charge in [0.2, 0.25) is 6.71 Å². The molecule has 6 atom stereocenters. The van der Waals surface area contributed by atoms with E-state index in [9.17, 15) is 0 Å². The molecular weight excluding hydrogens is 475 g/mol. The highest BCUT2D eigenvalue weighted by Gasteiger charge is 2.66. The summed E-state index contributed by atoms with van der Waals surface area (Å²) < 4.78 is 0. The van der Waals surface area contributed by atoms with Crippen molar-refractivity contribution in [2.24, 2.45) is 17.8 Å². The van der Waals surface area contributed by atoms with Crippen LogP contribution in [0.15, 0.2) is 84.9 Å². The Balaban J connectivity index is 1.38. The molecule has 200 valence electrons. The van der Waals surface area contributed by atoms with Crippen LogP contribution in [0, 0.1) is 17.8 Å². The van der Waals surface area contributed by atoms with E-state index in [0.717, 1.165) is 32.7 Å². The van der Waals surface area contributed by atoms with Crippen molar-refractivity contribution >= 4 is 23.3 Å². The molecule has 3 aromatic carbocycles. The molecule has 0 bridgehead atoms. The molecule has 4 fully saturated rings. The molecule has 5 aliphatic rings. The number of hydrogen-bond acceptors (Lipinski definition) is 4. The van der Waals surface area contributed by atoms with Gasteiger partial charge in [-0.25, -0.2) is 0 Å². The van der Waals surface area contributed by atoms with E-state index in [-0.39, 0.29) is 5.41 Å². The lowest BCUT2D eigenvalue weighted by atomic mass is 9.25. The van der Waals surface area contributed by atoms with E-state index >= 15 is 0 Å². The van der Waals surface area contributed by atoms with Gasteiger partial charge in [0.05, 0.1) is 0 Å². The predicted octanol–water partition coefficient (Wildman–Crippen LogP) is 2.93. The summed E-state index contributed by atoms with van der Waals surface area (Å²) in [5, 5.41) is 11.9. The van der Waals surface area contributed by atoms with Crippen molar-refractivity contribution in [1.29, 1.82) is 0 Å². The van der Waals surface area contributed by atoms with Crippen LogP contribution < -0.4 is 31.8 Å². The van der Waals surface area contributed by atoms with Crippen molar-refractivity contribution in [3.05, 3.63) is 90.5 Å². The molecule has 4 saturated heterocycles. The summed E-state index contributed by atoms with van der Waals surface area (Å²) >= 11 is 0. The highest BCUT2D eigenvalue weighted by molar-refractivity contribution is 6.87. The second-order valence-electron chi connectivity index (χ2n) is 12.7. The van der Waals surface area contributed by atoms with Gasteiger partial charge < -0.3 is 20.9 Å². The first-order chi connectivity index (χ1) is 19.4. The summed E-state index contributed by atoms with van der Waals surface area (Å²) in [7, 11) is 0. The molecule has 0 radical (unpaired) electrons. The smallest absolute Gasteiger partial charge is 0.227 e. The number of piperidine rings is 4. The summed E-state index contributed by atoms with van der Waals surface area (Å²) in [6, 6.07) is 33.5. The quantitative estimate of drug-likeness (QED) is 0.459. The Hall–Kier alpha value is -2.60. The van der Waals surface area contributed by atoms with Crippen LogP contribution in [-0.2, 0) is 5.41 Å². The summed E-state index contributed by atoms with van der Waals surface area (Å²) in [4.78, 5) is 2.87. The molecule has 0 aliphatic carbocycles. The van der Waals surface area contributed by atoms with Crippen molar-refractivity contribution in [2.75, 3.05) is 37.6 Å². The van der Waals surface area contributed by atoms with Gasteiger partial charge in [-0.3, -0.25) is 0 Å². The Labute approximate surface area is 234 Å². The lowest BCUT2D eigenvalue weighted by Crippen LogP contribution is -2.80. The minimum absolute atomic E-state index is 0.199. The number of nitrogens with zero attached hydrogens (tertiary/aromatic N) is 1. The SMILES string of the molecule is c1ccc(B2c3ccccc3C3(C4CCCNC24)C2CCNCC2N(c2ccccc2)C2CNCCC23)cc1. The zero-order chi connectivity index (χ0) is 25.8. The molecule has 0 amide bonds. The van der Waals surface area contributed by atoms with E-state index < -0.39 is 0 Å². The number of rotatable bonds is 2. The molecule has 0 saturated carbocycles. The first kappa shape index (κ1) is 24.2. The lowest BCUT2D eigenvalue weighted by Gasteiger charge is -2.69. The molecule has 5 heterocycles. The Morgan fingerprint density at radius 3 is 2.03 bits per heavy atom. The highest BCUT2D eigenvalue weighted by Crippen LogP contribution is 2.60. The first-order valence-electron chi connectivity index (χ1n) is 15.5. The zero-order valence-corrected chi connectivity index (χ0v) is 22.9. The van der Waals surface area contributed by atoms with Crippen molar-refractivity contribution in [3.63, 3.8) is 0 Å². The molecule has 5 aliphatic heterocycles. The number of hydrogen-bond donors (Lipinski definition) is 3. The van der Waals surface area contributed by atoms with Crippen LogP contribution in [0.25, 0.3) is 0 Å². The Morgan fingerprint density at radius 2 is 1.31 bits per heavy atom. The summed E-state index contributed by atoms with van der Waals surface area (Å²) in [6.45, 7) is 6.00. The number of benzene rings is 3. The molecule has 1 spiro atoms. The third-order valence-electron chi connectivity index (χ3n) is 11.3. The first-order valence-corrected chi connectivity index (χ1v) is 15.5. The molecular formula is C34H41BN4. The van der Waals surface area contributed by atoms with E-state index in [1.165, 1.54) is 36.8 Å². The highest BCUT2D eigenvalue weighted by atomic mass is 15.3. The van der Waals surface area contributed by atoms with Gasteiger partial charge in [-0.1, -0.05) is 83.7 Å². The van der Waals surface area contributed by atoms with Crippen LogP contribution in [0.3, 0.4) is 0 Å². The van der Waals surface area contributed by atoms with Gasteiger partial charge in [0.25, 0.3) is 0 Å². The van der Waals surface area contributed by atoms with Gasteiger partial charge in [-0.15, -0.1) is 0 Å². The van der Waals surface area contributed by atoms with E-state index in [2.05, 4.69) is 106 Å². The largest absolute Gasteiger partial charge is 0.362 e. The van der Waals surface area contributed by atoms with Crippen molar-refractivity contribution in [3.8, 4) is 0 Å². The summed E-state index contributed by atoms with van der Waals surface area (Å²) in [5.41, 5.74) is 6.39. The molecule has 5 heteroatoms. The van der Waals surface area contributed by atoms with E-state index in [4.69, 9.17) is 0 Å². The fourth-order valence-corrected chi connectivity index (χ4v) is 10.2. The van der Waals surface area contributed by atoms with Gasteiger partial charge in [-0.05, 0) is 86.7 Å². The standard InChI is InChI=1S/C34H41BN4/c1-3-10-24(11-4-1)35-30-16-8-7-14-26(30)34(29-15-9-19-38-33(29)35)27-17-20-36-22-31(27)39(25-12-5-2-6-13-25)32-23-37-21-18-28(32)34/h1-8,10-14,16,27-29,31-33,36-38H,9,15,17-23H2. The molecule has 6 unspecified atom stereocenters. The van der Waals surface area contributed by atoms with E-state index in [1.54, 1.807) is 11.0 Å². The van der Waals surface area contributed by atoms with Crippen LogP contribution in [0.2, 0.25) is 0 Å². The number of anilines is 1. The molecule has 4 nitrogen and oxygen atoms in total. The summed E-state index contributed by atoms with van der Waals surface area (Å²) in [5.74, 6) is 2.43. The maximum atomic E-state index is 4.17. The van der Waals surface area contributed by atoms with Crippen molar-refractivity contribution < 1.29 is 0 Å². The lowest BCUT2D eigenvalue weighted by molar-refractivity contribution is -0.0254. The number of para-hydroxylation sites is 1. The minimum Gasteiger partial charge on any atom is -0.362 e. The Kier molecular flexibility index (Phi) is 6.08. The van der Waals surface area contributed by atoms with Gasteiger partial charge in [-0.2, -0.15) is 0 Å².